The summed E-state index contributed by atoms with van der Waals surface area (Å²) >= 11 is 3.17. The Morgan fingerprint density at radius 1 is 1.44 bits per heavy atom. The summed E-state index contributed by atoms with van der Waals surface area (Å²) in [6.45, 7) is 1.78. The molecule has 2 N–H and O–H groups in total. The highest BCUT2D eigenvalue weighted by molar-refractivity contribution is 9.10. The molecule has 100 valence electrons. The minimum absolute atomic E-state index is 0. The number of benzene rings is 1. The average Bonchev–Trinajstić information content (AvgIpc) is 2.29. The second-order valence-corrected chi connectivity index (χ2v) is 5.09. The number of nitrogens with one attached hydrogen (secondary N) is 2. The maximum Gasteiger partial charge on any atom is 0.251 e. The van der Waals surface area contributed by atoms with Gasteiger partial charge in [-0.25, -0.2) is 4.39 Å². The van der Waals surface area contributed by atoms with E-state index in [1.54, 1.807) is 6.07 Å². The van der Waals surface area contributed by atoms with Crippen molar-refractivity contribution in [3.8, 4) is 0 Å². The highest BCUT2D eigenvalue weighted by Gasteiger charge is 2.16. The lowest BCUT2D eigenvalue weighted by Gasteiger charge is -2.23. The van der Waals surface area contributed by atoms with Crippen LogP contribution in [0.4, 0.5) is 4.39 Å². The van der Waals surface area contributed by atoms with E-state index in [-0.39, 0.29) is 24.4 Å². The predicted octanol–water partition coefficient (Wildman–Crippen LogP) is 2.49. The zero-order valence-electron chi connectivity index (χ0n) is 9.71. The molecule has 2 rings (SSSR count). The quantitative estimate of drug-likeness (QED) is 0.870. The van der Waals surface area contributed by atoms with E-state index in [1.807, 2.05) is 0 Å². The average molecular weight is 338 g/mol. The first kappa shape index (κ1) is 15.4. The Morgan fingerprint density at radius 2 is 2.22 bits per heavy atom. The molecule has 1 aliphatic rings. The van der Waals surface area contributed by atoms with E-state index < -0.39 is 5.82 Å². The zero-order chi connectivity index (χ0) is 12.3. The van der Waals surface area contributed by atoms with Crippen LogP contribution >= 0.6 is 28.3 Å². The molecule has 18 heavy (non-hydrogen) atoms. The van der Waals surface area contributed by atoms with Crippen molar-refractivity contribution in [1.29, 1.82) is 0 Å². The number of amides is 1. The summed E-state index contributed by atoms with van der Waals surface area (Å²) in [4.78, 5) is 11.9. The number of halogens is 3. The highest BCUT2D eigenvalue weighted by Crippen LogP contribution is 2.15. The van der Waals surface area contributed by atoms with Crippen molar-refractivity contribution >= 4 is 34.2 Å². The molecule has 1 aromatic carbocycles. The first-order valence-electron chi connectivity index (χ1n) is 5.63. The second-order valence-electron chi connectivity index (χ2n) is 4.17. The molecule has 6 heteroatoms. The Bertz CT molecular complexity index is 404. The first-order valence-corrected chi connectivity index (χ1v) is 6.42. The summed E-state index contributed by atoms with van der Waals surface area (Å²) in [5.41, 5.74) is 0.349. The van der Waals surface area contributed by atoms with Gasteiger partial charge in [0.1, 0.15) is 5.82 Å². The van der Waals surface area contributed by atoms with Crippen molar-refractivity contribution in [2.24, 2.45) is 0 Å². The fourth-order valence-electron chi connectivity index (χ4n) is 1.93. The Balaban J connectivity index is 0.00000162. The normalized spacial score (nSPS) is 18.9. The molecule has 1 aromatic rings. The van der Waals surface area contributed by atoms with Crippen molar-refractivity contribution < 1.29 is 9.18 Å². The molecular formula is C12H15BrClFN2O. The van der Waals surface area contributed by atoms with E-state index in [4.69, 9.17) is 0 Å². The van der Waals surface area contributed by atoms with Crippen LogP contribution in [-0.2, 0) is 0 Å². The summed E-state index contributed by atoms with van der Waals surface area (Å²) in [7, 11) is 0. The van der Waals surface area contributed by atoms with Crippen LogP contribution in [0.1, 0.15) is 23.2 Å². The van der Waals surface area contributed by atoms with E-state index in [2.05, 4.69) is 26.6 Å². The molecule has 0 aliphatic carbocycles. The van der Waals surface area contributed by atoms with Crippen molar-refractivity contribution in [2.75, 3.05) is 13.1 Å². The van der Waals surface area contributed by atoms with Crippen molar-refractivity contribution in [3.05, 3.63) is 34.1 Å². The molecule has 1 heterocycles. The standard InChI is InChI=1S/C12H14BrFN2O.ClH/c13-9-4-8(5-10(14)6-9)12(17)16-11-2-1-3-15-7-11;/h4-6,11,15H,1-3,7H2,(H,16,17);1H/t11-;/m1./s1. The van der Waals surface area contributed by atoms with Crippen LogP contribution in [0.5, 0.6) is 0 Å². The van der Waals surface area contributed by atoms with Gasteiger partial charge in [0.15, 0.2) is 0 Å². The molecule has 0 bridgehead atoms. The van der Waals surface area contributed by atoms with E-state index in [9.17, 15) is 9.18 Å². The van der Waals surface area contributed by atoms with Crippen molar-refractivity contribution in [1.82, 2.24) is 10.6 Å². The maximum absolute atomic E-state index is 13.1. The third kappa shape index (κ3) is 4.23. The predicted molar refractivity (Wildman–Crippen MR) is 74.7 cm³/mol. The molecule has 3 nitrogen and oxygen atoms in total. The highest BCUT2D eigenvalue weighted by atomic mass is 79.9. The number of carbonyl (C=O) groups excluding carboxylic acids is 1. The van der Waals surface area contributed by atoms with Crippen LogP contribution in [0.3, 0.4) is 0 Å². The molecule has 1 saturated heterocycles. The van der Waals surface area contributed by atoms with Gasteiger partial charge in [-0.15, -0.1) is 12.4 Å². The fourth-order valence-corrected chi connectivity index (χ4v) is 2.39. The number of hydrogen-bond donors (Lipinski definition) is 2. The minimum Gasteiger partial charge on any atom is -0.348 e. The van der Waals surface area contributed by atoms with Gasteiger partial charge in [0.25, 0.3) is 5.91 Å². The lowest BCUT2D eigenvalue weighted by atomic mass is 10.1. The van der Waals surface area contributed by atoms with Gasteiger partial charge >= 0.3 is 0 Å². The van der Waals surface area contributed by atoms with Crippen LogP contribution in [0.15, 0.2) is 22.7 Å². The van der Waals surface area contributed by atoms with Crippen LogP contribution in [0.25, 0.3) is 0 Å². The zero-order valence-corrected chi connectivity index (χ0v) is 12.1. The van der Waals surface area contributed by atoms with Crippen molar-refractivity contribution in [3.63, 3.8) is 0 Å². The Labute approximate surface area is 120 Å². The number of piperidine rings is 1. The number of rotatable bonds is 2. The molecule has 0 radical (unpaired) electrons. The maximum atomic E-state index is 13.1. The molecule has 0 unspecified atom stereocenters. The molecule has 1 aliphatic heterocycles. The first-order chi connectivity index (χ1) is 8.15. The van der Waals surface area contributed by atoms with Gasteiger partial charge in [0.2, 0.25) is 0 Å². The van der Waals surface area contributed by atoms with Gasteiger partial charge in [-0.05, 0) is 37.6 Å². The summed E-state index contributed by atoms with van der Waals surface area (Å²) in [6, 6.07) is 4.34. The molecule has 0 saturated carbocycles. The Hall–Kier alpha value is -0.650. The molecule has 1 atom stereocenters. The monoisotopic (exact) mass is 336 g/mol. The van der Waals surface area contributed by atoms with Gasteiger partial charge < -0.3 is 10.6 Å². The van der Waals surface area contributed by atoms with Gasteiger partial charge in [-0.1, -0.05) is 15.9 Å². The van der Waals surface area contributed by atoms with Crippen LogP contribution < -0.4 is 10.6 Å². The second kappa shape index (κ2) is 7.07. The van der Waals surface area contributed by atoms with Gasteiger partial charge in [0, 0.05) is 22.6 Å². The summed E-state index contributed by atoms with van der Waals surface area (Å²) in [5.74, 6) is -0.634. The van der Waals surface area contributed by atoms with E-state index in [0.29, 0.717) is 10.0 Å². The summed E-state index contributed by atoms with van der Waals surface area (Å²) in [5, 5.41) is 6.12. The third-order valence-electron chi connectivity index (χ3n) is 2.76. The van der Waals surface area contributed by atoms with Gasteiger partial charge in [-0.2, -0.15) is 0 Å². The number of hydrogen-bond acceptors (Lipinski definition) is 2. The van der Waals surface area contributed by atoms with Crippen molar-refractivity contribution in [2.45, 2.75) is 18.9 Å². The third-order valence-corrected chi connectivity index (χ3v) is 3.21. The topological polar surface area (TPSA) is 41.1 Å². The largest absolute Gasteiger partial charge is 0.348 e. The summed E-state index contributed by atoms with van der Waals surface area (Å²) < 4.78 is 13.7. The van der Waals surface area contributed by atoms with Gasteiger partial charge in [0.05, 0.1) is 0 Å². The SMILES string of the molecule is Cl.O=C(N[C@@H]1CCCNC1)c1cc(F)cc(Br)c1. The lowest BCUT2D eigenvalue weighted by Crippen LogP contribution is -2.45. The van der Waals surface area contributed by atoms with Crippen LogP contribution in [0.2, 0.25) is 0 Å². The van der Waals surface area contributed by atoms with E-state index in [1.165, 1.54) is 12.1 Å². The van der Waals surface area contributed by atoms with E-state index in [0.717, 1.165) is 25.9 Å². The van der Waals surface area contributed by atoms with E-state index >= 15 is 0 Å². The van der Waals surface area contributed by atoms with Crippen LogP contribution in [0, 0.1) is 5.82 Å². The molecule has 1 amide bonds. The molecular weight excluding hydrogens is 322 g/mol. The summed E-state index contributed by atoms with van der Waals surface area (Å²) in [6.07, 6.45) is 2.02. The Morgan fingerprint density at radius 3 is 2.83 bits per heavy atom. The molecule has 1 fully saturated rings. The Kier molecular flexibility index (Phi) is 6.05. The fraction of sp³-hybridized carbons (Fsp3) is 0.417. The number of carbonyl (C=O) groups is 1. The minimum atomic E-state index is -0.411. The molecule has 0 aromatic heterocycles. The van der Waals surface area contributed by atoms with Gasteiger partial charge in [-0.3, -0.25) is 4.79 Å². The lowest BCUT2D eigenvalue weighted by molar-refractivity contribution is 0.0930. The smallest absolute Gasteiger partial charge is 0.251 e. The molecule has 0 spiro atoms. The van der Waals surface area contributed by atoms with Crippen LogP contribution in [-0.4, -0.2) is 25.0 Å².